The summed E-state index contributed by atoms with van der Waals surface area (Å²) < 4.78 is 55.4. The van der Waals surface area contributed by atoms with Crippen molar-refractivity contribution < 1.29 is 22.6 Å². The molecule has 0 saturated carbocycles. The maximum absolute atomic E-state index is 15.2. The first kappa shape index (κ1) is 19.1. The van der Waals surface area contributed by atoms with Crippen molar-refractivity contribution in [3.05, 3.63) is 70.6 Å². The molecular formula is C23H23F3O2. The molecule has 0 bridgehead atoms. The SMILES string of the molecule is C=CC1CCC(c2ccc3c(c2F)Oc2c(cc(CCC)c(F)c2F)C3)CO1. The van der Waals surface area contributed by atoms with E-state index in [-0.39, 0.29) is 23.5 Å². The third kappa shape index (κ3) is 3.22. The lowest BCUT2D eigenvalue weighted by Crippen LogP contribution is -2.24. The number of fused-ring (bicyclic) bond motifs is 2. The van der Waals surface area contributed by atoms with Gasteiger partial charge in [0.05, 0.1) is 12.7 Å². The highest BCUT2D eigenvalue weighted by Gasteiger charge is 2.31. The second-order valence-corrected chi connectivity index (χ2v) is 7.52. The molecule has 4 rings (SSSR count). The maximum atomic E-state index is 15.2. The smallest absolute Gasteiger partial charge is 0.201 e. The van der Waals surface area contributed by atoms with Crippen molar-refractivity contribution in [3.63, 3.8) is 0 Å². The molecule has 0 spiro atoms. The molecule has 2 unspecified atom stereocenters. The molecule has 0 aromatic heterocycles. The van der Waals surface area contributed by atoms with Gasteiger partial charge in [-0.3, -0.25) is 0 Å². The van der Waals surface area contributed by atoms with Crippen molar-refractivity contribution in [2.45, 2.75) is 51.0 Å². The molecule has 148 valence electrons. The Morgan fingerprint density at radius 2 is 1.86 bits per heavy atom. The van der Waals surface area contributed by atoms with Gasteiger partial charge in [0.2, 0.25) is 5.82 Å². The van der Waals surface area contributed by atoms with Crippen molar-refractivity contribution in [3.8, 4) is 11.5 Å². The van der Waals surface area contributed by atoms with E-state index in [1.165, 1.54) is 0 Å². The largest absolute Gasteiger partial charge is 0.450 e. The summed E-state index contributed by atoms with van der Waals surface area (Å²) in [7, 11) is 0. The highest BCUT2D eigenvalue weighted by Crippen LogP contribution is 2.44. The number of aryl methyl sites for hydroxylation is 1. The lowest BCUT2D eigenvalue weighted by Gasteiger charge is -2.29. The second kappa shape index (κ2) is 7.63. The second-order valence-electron chi connectivity index (χ2n) is 7.52. The van der Waals surface area contributed by atoms with E-state index in [1.54, 1.807) is 18.2 Å². The summed E-state index contributed by atoms with van der Waals surface area (Å²) in [6.45, 7) is 6.03. The molecule has 2 aromatic carbocycles. The van der Waals surface area contributed by atoms with E-state index in [4.69, 9.17) is 9.47 Å². The highest BCUT2D eigenvalue weighted by atomic mass is 19.2. The normalized spacial score (nSPS) is 20.9. The zero-order valence-corrected chi connectivity index (χ0v) is 15.9. The summed E-state index contributed by atoms with van der Waals surface area (Å²) >= 11 is 0. The fourth-order valence-electron chi connectivity index (χ4n) is 4.10. The van der Waals surface area contributed by atoms with Gasteiger partial charge in [-0.15, -0.1) is 6.58 Å². The number of ether oxygens (including phenoxy) is 2. The average molecular weight is 388 g/mol. The van der Waals surface area contributed by atoms with Crippen molar-refractivity contribution in [1.29, 1.82) is 0 Å². The third-order valence-corrected chi connectivity index (χ3v) is 5.64. The Kier molecular flexibility index (Phi) is 5.19. The third-order valence-electron chi connectivity index (χ3n) is 5.64. The van der Waals surface area contributed by atoms with Gasteiger partial charge >= 0.3 is 0 Å². The molecule has 1 fully saturated rings. The topological polar surface area (TPSA) is 18.5 Å². The van der Waals surface area contributed by atoms with Crippen molar-refractivity contribution in [2.24, 2.45) is 0 Å². The van der Waals surface area contributed by atoms with E-state index < -0.39 is 17.5 Å². The van der Waals surface area contributed by atoms with Crippen LogP contribution in [0.25, 0.3) is 0 Å². The number of hydrogen-bond acceptors (Lipinski definition) is 2. The predicted molar refractivity (Wildman–Crippen MR) is 102 cm³/mol. The maximum Gasteiger partial charge on any atom is 0.201 e. The summed E-state index contributed by atoms with van der Waals surface area (Å²) in [5.74, 6) is -2.75. The van der Waals surface area contributed by atoms with Gasteiger partial charge in [0, 0.05) is 23.5 Å². The van der Waals surface area contributed by atoms with Crippen LogP contribution in [0, 0.1) is 17.5 Å². The number of rotatable bonds is 4. The van der Waals surface area contributed by atoms with Crippen molar-refractivity contribution in [1.82, 2.24) is 0 Å². The molecule has 5 heteroatoms. The molecule has 1 saturated heterocycles. The van der Waals surface area contributed by atoms with E-state index in [9.17, 15) is 8.78 Å². The van der Waals surface area contributed by atoms with Gasteiger partial charge in [0.25, 0.3) is 0 Å². The lowest BCUT2D eigenvalue weighted by molar-refractivity contribution is 0.0320. The zero-order valence-electron chi connectivity index (χ0n) is 15.9. The van der Waals surface area contributed by atoms with Gasteiger partial charge in [0.15, 0.2) is 23.1 Å². The van der Waals surface area contributed by atoms with Crippen LogP contribution >= 0.6 is 0 Å². The van der Waals surface area contributed by atoms with Crippen LogP contribution in [0.1, 0.15) is 54.4 Å². The molecule has 2 aliphatic rings. The van der Waals surface area contributed by atoms with Crippen LogP contribution in [0.2, 0.25) is 0 Å². The summed E-state index contributed by atoms with van der Waals surface area (Å²) in [6, 6.07) is 5.21. The Bertz CT molecular complexity index is 915. The molecule has 2 heterocycles. The molecule has 0 aliphatic carbocycles. The van der Waals surface area contributed by atoms with Crippen LogP contribution in [-0.4, -0.2) is 12.7 Å². The Labute approximate surface area is 163 Å². The van der Waals surface area contributed by atoms with E-state index >= 15 is 4.39 Å². The molecule has 2 atom stereocenters. The van der Waals surface area contributed by atoms with Gasteiger partial charge in [-0.1, -0.05) is 31.6 Å². The minimum atomic E-state index is -1.04. The number of hydrogen-bond donors (Lipinski definition) is 0. The van der Waals surface area contributed by atoms with Gasteiger partial charge in [-0.25, -0.2) is 8.78 Å². The average Bonchev–Trinajstić information content (AvgIpc) is 2.72. The highest BCUT2D eigenvalue weighted by molar-refractivity contribution is 5.54. The quantitative estimate of drug-likeness (QED) is 0.495. The summed E-state index contributed by atoms with van der Waals surface area (Å²) in [4.78, 5) is 0. The van der Waals surface area contributed by atoms with Crippen molar-refractivity contribution in [2.75, 3.05) is 6.61 Å². The minimum absolute atomic E-state index is 0.00242. The molecule has 2 aliphatic heterocycles. The number of halogens is 3. The summed E-state index contributed by atoms with van der Waals surface area (Å²) in [5.41, 5.74) is 2.02. The van der Waals surface area contributed by atoms with Gasteiger partial charge in [0.1, 0.15) is 0 Å². The fourth-order valence-corrected chi connectivity index (χ4v) is 4.10. The zero-order chi connectivity index (χ0) is 19.8. The van der Waals surface area contributed by atoms with Gasteiger partial charge in [-0.05, 0) is 36.5 Å². The molecule has 0 N–H and O–H groups in total. The molecule has 2 nitrogen and oxygen atoms in total. The Balaban J connectivity index is 1.67. The predicted octanol–water partition coefficient (Wildman–Crippen LogP) is 6.20. The monoisotopic (exact) mass is 388 g/mol. The molecule has 0 amide bonds. The standard InChI is InChI=1S/C23H23F3O2/c1-3-5-13-10-16-11-14-7-9-18(15-6-8-17(4-2)27-12-15)20(25)22(14)28-23(16)21(26)19(13)24/h4,7,9-10,15,17H,2-3,5-6,8,11-12H2,1H3. The molecular weight excluding hydrogens is 365 g/mol. The summed E-state index contributed by atoms with van der Waals surface area (Å²) in [5, 5.41) is 0. The van der Waals surface area contributed by atoms with Crippen LogP contribution in [0.5, 0.6) is 11.5 Å². The fraction of sp³-hybridized carbons (Fsp3) is 0.391. The lowest BCUT2D eigenvalue weighted by atomic mass is 9.88. The van der Waals surface area contributed by atoms with Gasteiger partial charge < -0.3 is 9.47 Å². The van der Waals surface area contributed by atoms with E-state index in [2.05, 4.69) is 6.58 Å². The van der Waals surface area contributed by atoms with Crippen LogP contribution in [0.3, 0.4) is 0 Å². The van der Waals surface area contributed by atoms with Crippen LogP contribution in [0.4, 0.5) is 13.2 Å². The van der Waals surface area contributed by atoms with E-state index in [0.29, 0.717) is 48.1 Å². The Morgan fingerprint density at radius 3 is 2.54 bits per heavy atom. The minimum Gasteiger partial charge on any atom is -0.450 e. The Morgan fingerprint density at radius 1 is 1.07 bits per heavy atom. The summed E-state index contributed by atoms with van der Waals surface area (Å²) in [6.07, 6.45) is 4.76. The van der Waals surface area contributed by atoms with Crippen LogP contribution in [-0.2, 0) is 17.6 Å². The number of benzene rings is 2. The Hall–Kier alpha value is -2.27. The van der Waals surface area contributed by atoms with Gasteiger partial charge in [-0.2, -0.15) is 4.39 Å². The molecule has 2 aromatic rings. The van der Waals surface area contributed by atoms with Crippen LogP contribution < -0.4 is 4.74 Å². The first-order chi connectivity index (χ1) is 13.5. The molecule has 0 radical (unpaired) electrons. The van der Waals surface area contributed by atoms with Crippen LogP contribution in [0.15, 0.2) is 30.9 Å². The van der Waals surface area contributed by atoms with E-state index in [0.717, 1.165) is 12.8 Å². The van der Waals surface area contributed by atoms with E-state index in [1.807, 2.05) is 13.0 Å². The van der Waals surface area contributed by atoms with Crippen molar-refractivity contribution >= 4 is 0 Å². The first-order valence-electron chi connectivity index (χ1n) is 9.76. The molecule has 28 heavy (non-hydrogen) atoms. The first-order valence-corrected chi connectivity index (χ1v) is 9.76.